The molecule has 0 bridgehead atoms. The fourth-order valence-corrected chi connectivity index (χ4v) is 2.26. The third-order valence-corrected chi connectivity index (χ3v) is 3.57. The first kappa shape index (κ1) is 14.8. The molecule has 0 unspecified atom stereocenters. The minimum Gasteiger partial charge on any atom is -0.348 e. The van der Waals surface area contributed by atoms with E-state index in [0.29, 0.717) is 25.1 Å². The molecule has 0 radical (unpaired) electrons. The first-order valence-corrected chi connectivity index (χ1v) is 7.30. The third kappa shape index (κ3) is 3.92. The molecular weight excluding hydrogens is 316 g/mol. The highest BCUT2D eigenvalue weighted by Crippen LogP contribution is 2.12. The molecule has 3 nitrogen and oxygen atoms in total. The highest BCUT2D eigenvalue weighted by Gasteiger charge is 2.09. The van der Waals surface area contributed by atoms with Crippen molar-refractivity contribution in [2.45, 2.75) is 13.0 Å². The van der Waals surface area contributed by atoms with Crippen LogP contribution in [0.4, 0.5) is 0 Å². The number of carbonyl (C=O) groups is 1. The number of amides is 1. The number of hydrogen-bond acceptors (Lipinski definition) is 2. The van der Waals surface area contributed by atoms with Crippen molar-refractivity contribution in [1.82, 2.24) is 5.32 Å². The molecule has 0 atom stereocenters. The van der Waals surface area contributed by atoms with E-state index in [-0.39, 0.29) is 5.91 Å². The molecule has 0 saturated carbocycles. The van der Waals surface area contributed by atoms with Crippen LogP contribution in [-0.2, 0) is 13.0 Å². The predicted octanol–water partition coefficient (Wildman–Crippen LogP) is 2.88. The Labute approximate surface area is 127 Å². The van der Waals surface area contributed by atoms with Crippen LogP contribution in [0.2, 0.25) is 0 Å². The SMILES string of the molecule is NCCc1ccccc1C(=O)NCc1ccc(Br)cc1. The summed E-state index contributed by atoms with van der Waals surface area (Å²) in [6, 6.07) is 15.5. The first-order chi connectivity index (χ1) is 9.70. The molecule has 20 heavy (non-hydrogen) atoms. The lowest BCUT2D eigenvalue weighted by Gasteiger charge is -2.09. The quantitative estimate of drug-likeness (QED) is 0.884. The maximum Gasteiger partial charge on any atom is 0.251 e. The molecule has 1 amide bonds. The Morgan fingerprint density at radius 2 is 1.80 bits per heavy atom. The van der Waals surface area contributed by atoms with Crippen LogP contribution in [0.25, 0.3) is 0 Å². The van der Waals surface area contributed by atoms with Gasteiger partial charge < -0.3 is 11.1 Å². The molecule has 104 valence electrons. The normalized spacial score (nSPS) is 10.3. The fourth-order valence-electron chi connectivity index (χ4n) is 2.00. The zero-order valence-corrected chi connectivity index (χ0v) is 12.7. The summed E-state index contributed by atoms with van der Waals surface area (Å²) < 4.78 is 1.03. The summed E-state index contributed by atoms with van der Waals surface area (Å²) in [5.41, 5.74) is 8.33. The summed E-state index contributed by atoms with van der Waals surface area (Å²) in [6.45, 7) is 1.06. The molecule has 2 aromatic rings. The number of carbonyl (C=O) groups excluding carboxylic acids is 1. The zero-order valence-electron chi connectivity index (χ0n) is 11.1. The molecule has 0 heterocycles. The zero-order chi connectivity index (χ0) is 14.4. The Hall–Kier alpha value is -1.65. The van der Waals surface area contributed by atoms with Crippen molar-refractivity contribution in [3.8, 4) is 0 Å². The average molecular weight is 333 g/mol. The molecule has 2 aromatic carbocycles. The van der Waals surface area contributed by atoms with Crippen molar-refractivity contribution in [2.24, 2.45) is 5.73 Å². The van der Waals surface area contributed by atoms with Gasteiger partial charge in [-0.15, -0.1) is 0 Å². The largest absolute Gasteiger partial charge is 0.348 e. The first-order valence-electron chi connectivity index (χ1n) is 6.51. The summed E-state index contributed by atoms with van der Waals surface area (Å²) in [4.78, 5) is 12.2. The van der Waals surface area contributed by atoms with Crippen LogP contribution in [0.3, 0.4) is 0 Å². The molecule has 4 heteroatoms. The van der Waals surface area contributed by atoms with Gasteiger partial charge in [0.1, 0.15) is 0 Å². The van der Waals surface area contributed by atoms with Gasteiger partial charge in [-0.25, -0.2) is 0 Å². The number of nitrogens with two attached hydrogens (primary N) is 1. The van der Waals surface area contributed by atoms with Crippen LogP contribution >= 0.6 is 15.9 Å². The van der Waals surface area contributed by atoms with E-state index in [0.717, 1.165) is 15.6 Å². The van der Waals surface area contributed by atoms with E-state index in [4.69, 9.17) is 5.73 Å². The Morgan fingerprint density at radius 3 is 2.50 bits per heavy atom. The van der Waals surface area contributed by atoms with Crippen LogP contribution in [0.1, 0.15) is 21.5 Å². The summed E-state index contributed by atoms with van der Waals surface area (Å²) in [6.07, 6.45) is 0.710. The molecule has 0 spiro atoms. The highest BCUT2D eigenvalue weighted by atomic mass is 79.9. The van der Waals surface area contributed by atoms with Crippen LogP contribution in [0, 0.1) is 0 Å². The van der Waals surface area contributed by atoms with E-state index in [9.17, 15) is 4.79 Å². The summed E-state index contributed by atoms with van der Waals surface area (Å²) in [5.74, 6) is -0.0584. The highest BCUT2D eigenvalue weighted by molar-refractivity contribution is 9.10. The van der Waals surface area contributed by atoms with Gasteiger partial charge in [0, 0.05) is 16.6 Å². The van der Waals surface area contributed by atoms with Gasteiger partial charge in [0.25, 0.3) is 5.91 Å². The Balaban J connectivity index is 2.03. The van der Waals surface area contributed by atoms with E-state index in [2.05, 4.69) is 21.2 Å². The van der Waals surface area contributed by atoms with Crippen molar-refractivity contribution in [1.29, 1.82) is 0 Å². The van der Waals surface area contributed by atoms with Crippen LogP contribution < -0.4 is 11.1 Å². The van der Waals surface area contributed by atoms with Crippen molar-refractivity contribution >= 4 is 21.8 Å². The minimum absolute atomic E-state index is 0.0584. The number of hydrogen-bond donors (Lipinski definition) is 2. The van der Waals surface area contributed by atoms with Crippen molar-refractivity contribution < 1.29 is 4.79 Å². The fraction of sp³-hybridized carbons (Fsp3) is 0.188. The summed E-state index contributed by atoms with van der Waals surface area (Å²) in [7, 11) is 0. The second-order valence-corrected chi connectivity index (χ2v) is 5.42. The Kier molecular flexibility index (Phi) is 5.32. The van der Waals surface area contributed by atoms with Crippen LogP contribution in [0.15, 0.2) is 53.0 Å². The van der Waals surface area contributed by atoms with Crippen LogP contribution in [-0.4, -0.2) is 12.5 Å². The molecule has 2 rings (SSSR count). The lowest BCUT2D eigenvalue weighted by atomic mass is 10.0. The summed E-state index contributed by atoms with van der Waals surface area (Å²) >= 11 is 3.39. The smallest absolute Gasteiger partial charge is 0.251 e. The summed E-state index contributed by atoms with van der Waals surface area (Å²) in [5, 5.41) is 2.94. The van der Waals surface area contributed by atoms with Gasteiger partial charge in [-0.1, -0.05) is 46.3 Å². The molecule has 0 saturated heterocycles. The maximum absolute atomic E-state index is 12.2. The molecule has 0 fully saturated rings. The number of rotatable bonds is 5. The molecule has 0 aliphatic heterocycles. The van der Waals surface area contributed by atoms with Gasteiger partial charge in [0.15, 0.2) is 0 Å². The predicted molar refractivity (Wildman–Crippen MR) is 84.5 cm³/mol. The molecule has 0 aliphatic rings. The van der Waals surface area contributed by atoms with Crippen molar-refractivity contribution in [3.63, 3.8) is 0 Å². The van der Waals surface area contributed by atoms with Gasteiger partial charge in [-0.3, -0.25) is 4.79 Å². The van der Waals surface area contributed by atoms with Gasteiger partial charge in [0.05, 0.1) is 0 Å². The monoisotopic (exact) mass is 332 g/mol. The average Bonchev–Trinajstić information content (AvgIpc) is 2.47. The topological polar surface area (TPSA) is 55.1 Å². The van der Waals surface area contributed by atoms with Gasteiger partial charge in [-0.2, -0.15) is 0 Å². The molecule has 0 aromatic heterocycles. The standard InChI is InChI=1S/C16H17BrN2O/c17-14-7-5-12(6-8-14)11-19-16(20)15-4-2-1-3-13(15)9-10-18/h1-8H,9-11,18H2,(H,19,20). The second-order valence-electron chi connectivity index (χ2n) is 4.50. The van der Waals surface area contributed by atoms with Gasteiger partial charge >= 0.3 is 0 Å². The van der Waals surface area contributed by atoms with E-state index < -0.39 is 0 Å². The van der Waals surface area contributed by atoms with Gasteiger partial charge in [-0.05, 0) is 42.3 Å². The van der Waals surface area contributed by atoms with Crippen molar-refractivity contribution in [3.05, 3.63) is 69.7 Å². The number of halogens is 1. The second kappa shape index (κ2) is 7.22. The van der Waals surface area contributed by atoms with E-state index in [1.54, 1.807) is 0 Å². The van der Waals surface area contributed by atoms with E-state index >= 15 is 0 Å². The van der Waals surface area contributed by atoms with E-state index in [1.807, 2.05) is 48.5 Å². The molecule has 3 N–H and O–H groups in total. The molecule has 0 aliphatic carbocycles. The Bertz CT molecular complexity index is 581. The lowest BCUT2D eigenvalue weighted by molar-refractivity contribution is 0.0950. The maximum atomic E-state index is 12.2. The minimum atomic E-state index is -0.0584. The van der Waals surface area contributed by atoms with E-state index in [1.165, 1.54) is 0 Å². The van der Waals surface area contributed by atoms with Gasteiger partial charge in [0.2, 0.25) is 0 Å². The van der Waals surface area contributed by atoms with Crippen molar-refractivity contribution in [2.75, 3.05) is 6.54 Å². The number of nitrogens with one attached hydrogen (secondary N) is 1. The molecular formula is C16H17BrN2O. The number of benzene rings is 2. The lowest BCUT2D eigenvalue weighted by Crippen LogP contribution is -2.24. The van der Waals surface area contributed by atoms with Crippen LogP contribution in [0.5, 0.6) is 0 Å². The Morgan fingerprint density at radius 1 is 1.10 bits per heavy atom. The third-order valence-electron chi connectivity index (χ3n) is 3.04.